The number of hydrogen-bond donors (Lipinski definition) is 1. The average Bonchev–Trinajstić information content (AvgIpc) is 2.31. The van der Waals surface area contributed by atoms with Crippen molar-refractivity contribution < 1.29 is 17.2 Å². The SMILES string of the molecule is CCC(CCCl)NS(=O)(=O)c1cc(F)ccc1F. The van der Waals surface area contributed by atoms with Gasteiger partial charge in [0.15, 0.2) is 0 Å². The van der Waals surface area contributed by atoms with E-state index < -0.39 is 32.6 Å². The van der Waals surface area contributed by atoms with Crippen LogP contribution in [0.15, 0.2) is 23.1 Å². The molecule has 0 fully saturated rings. The third-order valence-electron chi connectivity index (χ3n) is 2.45. The van der Waals surface area contributed by atoms with Crippen molar-refractivity contribution >= 4 is 21.6 Å². The van der Waals surface area contributed by atoms with Crippen molar-refractivity contribution in [3.63, 3.8) is 0 Å². The summed E-state index contributed by atoms with van der Waals surface area (Å²) in [5.41, 5.74) is 0. The Morgan fingerprint density at radius 2 is 2.06 bits per heavy atom. The molecule has 3 nitrogen and oxygen atoms in total. The maximum Gasteiger partial charge on any atom is 0.243 e. The van der Waals surface area contributed by atoms with Crippen LogP contribution in [0.1, 0.15) is 19.8 Å². The summed E-state index contributed by atoms with van der Waals surface area (Å²) in [6, 6.07) is 1.91. The Bertz CT molecular complexity index is 508. The van der Waals surface area contributed by atoms with E-state index in [4.69, 9.17) is 11.6 Å². The summed E-state index contributed by atoms with van der Waals surface area (Å²) < 4.78 is 52.4. The third kappa shape index (κ3) is 3.90. The van der Waals surface area contributed by atoms with Crippen molar-refractivity contribution in [3.8, 4) is 0 Å². The molecule has 1 N–H and O–H groups in total. The van der Waals surface area contributed by atoms with E-state index in [1.54, 1.807) is 6.92 Å². The van der Waals surface area contributed by atoms with Gasteiger partial charge in [0.2, 0.25) is 10.0 Å². The van der Waals surface area contributed by atoms with Crippen LogP contribution in [0.4, 0.5) is 8.78 Å². The Kier molecular flexibility index (Phi) is 5.49. The number of hydrogen-bond acceptors (Lipinski definition) is 2. The van der Waals surface area contributed by atoms with Crippen LogP contribution in [0.3, 0.4) is 0 Å². The van der Waals surface area contributed by atoms with E-state index >= 15 is 0 Å². The highest BCUT2D eigenvalue weighted by atomic mass is 35.5. The minimum atomic E-state index is -4.07. The van der Waals surface area contributed by atoms with Crippen molar-refractivity contribution in [2.24, 2.45) is 0 Å². The first-order chi connectivity index (χ1) is 8.40. The van der Waals surface area contributed by atoms with Crippen LogP contribution in [0, 0.1) is 11.6 Å². The Hall–Kier alpha value is -0.720. The second kappa shape index (κ2) is 6.45. The molecule has 102 valence electrons. The van der Waals surface area contributed by atoms with Gasteiger partial charge in [0.25, 0.3) is 0 Å². The summed E-state index contributed by atoms with van der Waals surface area (Å²) in [4.78, 5) is -0.685. The molecular formula is C11H14ClF2NO2S. The molecule has 0 aromatic heterocycles. The summed E-state index contributed by atoms with van der Waals surface area (Å²) in [6.45, 7) is 1.78. The van der Waals surface area contributed by atoms with E-state index in [9.17, 15) is 17.2 Å². The lowest BCUT2D eigenvalue weighted by molar-refractivity contribution is 0.517. The molecule has 18 heavy (non-hydrogen) atoms. The predicted molar refractivity (Wildman–Crippen MR) is 66.1 cm³/mol. The van der Waals surface area contributed by atoms with Crippen molar-refractivity contribution in [2.75, 3.05) is 5.88 Å². The third-order valence-corrected chi connectivity index (χ3v) is 4.21. The Morgan fingerprint density at radius 1 is 1.39 bits per heavy atom. The highest BCUT2D eigenvalue weighted by Gasteiger charge is 2.22. The lowest BCUT2D eigenvalue weighted by atomic mass is 10.2. The first kappa shape index (κ1) is 15.3. The number of rotatable bonds is 6. The molecule has 0 bridgehead atoms. The van der Waals surface area contributed by atoms with E-state index in [1.165, 1.54) is 0 Å². The van der Waals surface area contributed by atoms with Crippen molar-refractivity contribution in [2.45, 2.75) is 30.7 Å². The molecule has 0 radical (unpaired) electrons. The monoisotopic (exact) mass is 297 g/mol. The first-order valence-electron chi connectivity index (χ1n) is 5.44. The topological polar surface area (TPSA) is 46.2 Å². The van der Waals surface area contributed by atoms with Crippen LogP contribution in [0.25, 0.3) is 0 Å². The summed E-state index contributed by atoms with van der Waals surface area (Å²) in [5, 5.41) is 0. The molecule has 0 aliphatic carbocycles. The Labute approximate surface area is 110 Å². The van der Waals surface area contributed by atoms with Gasteiger partial charge in [-0.15, -0.1) is 11.6 Å². The fraction of sp³-hybridized carbons (Fsp3) is 0.455. The van der Waals surface area contributed by atoms with E-state index in [-0.39, 0.29) is 5.88 Å². The van der Waals surface area contributed by atoms with Crippen LogP contribution >= 0.6 is 11.6 Å². The normalized spacial score (nSPS) is 13.6. The maximum absolute atomic E-state index is 13.4. The van der Waals surface area contributed by atoms with Gasteiger partial charge in [0.05, 0.1) is 0 Å². The summed E-state index contributed by atoms with van der Waals surface area (Å²) >= 11 is 5.54. The van der Waals surface area contributed by atoms with Gasteiger partial charge < -0.3 is 0 Å². The first-order valence-corrected chi connectivity index (χ1v) is 7.45. The molecule has 1 rings (SSSR count). The van der Waals surface area contributed by atoms with Crippen molar-refractivity contribution in [1.29, 1.82) is 0 Å². The van der Waals surface area contributed by atoms with Gasteiger partial charge in [0.1, 0.15) is 16.5 Å². The van der Waals surface area contributed by atoms with E-state index in [0.717, 1.165) is 12.1 Å². The molecule has 0 spiro atoms. The maximum atomic E-state index is 13.4. The fourth-order valence-electron chi connectivity index (χ4n) is 1.44. The van der Waals surface area contributed by atoms with E-state index in [1.807, 2.05) is 0 Å². The second-order valence-electron chi connectivity index (χ2n) is 3.78. The second-order valence-corrected chi connectivity index (χ2v) is 5.84. The number of halogens is 3. The Morgan fingerprint density at radius 3 is 2.61 bits per heavy atom. The number of alkyl halides is 1. The van der Waals surface area contributed by atoms with Gasteiger partial charge in [0, 0.05) is 11.9 Å². The summed E-state index contributed by atoms with van der Waals surface area (Å²) in [7, 11) is -4.07. The molecule has 7 heteroatoms. The van der Waals surface area contributed by atoms with Gasteiger partial charge in [-0.05, 0) is 31.0 Å². The minimum absolute atomic E-state index is 0.284. The highest BCUT2D eigenvalue weighted by Crippen LogP contribution is 2.17. The molecule has 1 unspecified atom stereocenters. The Balaban J connectivity index is 3.02. The van der Waals surface area contributed by atoms with Crippen LogP contribution in [-0.4, -0.2) is 20.3 Å². The number of benzene rings is 1. The predicted octanol–water partition coefficient (Wildman–Crippen LogP) is 2.65. The molecular weight excluding hydrogens is 284 g/mol. The minimum Gasteiger partial charge on any atom is -0.208 e. The zero-order valence-corrected chi connectivity index (χ0v) is 11.4. The average molecular weight is 298 g/mol. The number of nitrogens with one attached hydrogen (secondary N) is 1. The highest BCUT2D eigenvalue weighted by molar-refractivity contribution is 7.89. The van der Waals surface area contributed by atoms with Gasteiger partial charge in [-0.3, -0.25) is 0 Å². The largest absolute Gasteiger partial charge is 0.243 e. The quantitative estimate of drug-likeness (QED) is 0.821. The molecule has 1 atom stereocenters. The van der Waals surface area contributed by atoms with E-state index in [0.29, 0.717) is 18.9 Å². The molecule has 1 aromatic carbocycles. The van der Waals surface area contributed by atoms with Crippen LogP contribution in [0.5, 0.6) is 0 Å². The molecule has 0 heterocycles. The van der Waals surface area contributed by atoms with Crippen molar-refractivity contribution in [3.05, 3.63) is 29.8 Å². The summed E-state index contributed by atoms with van der Waals surface area (Å²) in [6.07, 6.45) is 0.942. The van der Waals surface area contributed by atoms with Crippen LogP contribution < -0.4 is 4.72 Å². The standard InChI is InChI=1S/C11H14ClF2NO2S/c1-2-9(5-6-12)15-18(16,17)11-7-8(13)3-4-10(11)14/h3-4,7,9,15H,2,5-6H2,1H3. The van der Waals surface area contributed by atoms with Crippen LogP contribution in [0.2, 0.25) is 0 Å². The molecule has 0 aliphatic rings. The zero-order chi connectivity index (χ0) is 13.8. The van der Waals surface area contributed by atoms with Crippen molar-refractivity contribution in [1.82, 2.24) is 4.72 Å². The molecule has 0 aliphatic heterocycles. The number of sulfonamides is 1. The van der Waals surface area contributed by atoms with Gasteiger partial charge in [-0.2, -0.15) is 0 Å². The van der Waals surface area contributed by atoms with Crippen LogP contribution in [-0.2, 0) is 10.0 Å². The lowest BCUT2D eigenvalue weighted by Gasteiger charge is -2.16. The van der Waals surface area contributed by atoms with Gasteiger partial charge in [-0.1, -0.05) is 6.92 Å². The van der Waals surface area contributed by atoms with Gasteiger partial charge >= 0.3 is 0 Å². The fourth-order valence-corrected chi connectivity index (χ4v) is 3.15. The molecule has 0 saturated carbocycles. The van der Waals surface area contributed by atoms with E-state index in [2.05, 4.69) is 4.72 Å². The summed E-state index contributed by atoms with van der Waals surface area (Å²) in [5.74, 6) is -1.50. The smallest absolute Gasteiger partial charge is 0.208 e. The lowest BCUT2D eigenvalue weighted by Crippen LogP contribution is -2.35. The molecule has 0 amide bonds. The van der Waals surface area contributed by atoms with Gasteiger partial charge in [-0.25, -0.2) is 21.9 Å². The molecule has 0 saturated heterocycles. The molecule has 1 aromatic rings. The zero-order valence-electron chi connectivity index (χ0n) is 9.79.